The Balaban J connectivity index is 1.50. The second kappa shape index (κ2) is 12.2. The van der Waals surface area contributed by atoms with Gasteiger partial charge in [0.25, 0.3) is 0 Å². The third-order valence-electron chi connectivity index (χ3n) is 3.97. The Bertz CT molecular complexity index is 738. The van der Waals surface area contributed by atoms with E-state index in [1.807, 2.05) is 44.3 Å². The summed E-state index contributed by atoms with van der Waals surface area (Å²) >= 11 is 0.768. The van der Waals surface area contributed by atoms with Crippen LogP contribution in [0, 0.1) is 6.92 Å². The molecule has 0 heterocycles. The smallest absolute Gasteiger partial charge is 0.325 e. The summed E-state index contributed by atoms with van der Waals surface area (Å²) in [6, 6.07) is 17.1. The van der Waals surface area contributed by atoms with Crippen molar-refractivity contribution in [1.29, 1.82) is 0 Å². The summed E-state index contributed by atoms with van der Waals surface area (Å²) in [7, 11) is 2.05. The molecule has 0 radical (unpaired) electrons. The molecule has 0 bridgehead atoms. The Hall–Kier alpha value is -2.35. The average molecular weight is 402 g/mol. The number of aryl methyl sites for hydroxylation is 1. The molecule has 0 spiro atoms. The molecule has 28 heavy (non-hydrogen) atoms. The molecular formula is C21H27N3O3S. The minimum absolute atomic E-state index is 0.201. The van der Waals surface area contributed by atoms with Crippen molar-refractivity contribution in [1.82, 2.24) is 14.9 Å². The minimum Gasteiger partial charge on any atom is -0.378 e. The van der Waals surface area contributed by atoms with Gasteiger partial charge in [-0.15, -0.1) is 0 Å². The van der Waals surface area contributed by atoms with Crippen molar-refractivity contribution in [2.24, 2.45) is 0 Å². The Labute approximate surface area is 170 Å². The summed E-state index contributed by atoms with van der Waals surface area (Å²) in [6.45, 7) is 5.03. The fourth-order valence-electron chi connectivity index (χ4n) is 2.41. The molecule has 2 rings (SSSR count). The molecule has 2 aromatic carbocycles. The highest BCUT2D eigenvalue weighted by atomic mass is 32.2. The summed E-state index contributed by atoms with van der Waals surface area (Å²) in [6.07, 6.45) is 0. The average Bonchev–Trinajstić information content (AvgIpc) is 2.70. The number of nitrogens with zero attached hydrogens (tertiary/aromatic N) is 1. The van der Waals surface area contributed by atoms with Crippen LogP contribution in [-0.4, -0.2) is 49.4 Å². The number of carbonyl (C=O) groups is 2. The van der Waals surface area contributed by atoms with Crippen LogP contribution in [0.3, 0.4) is 0 Å². The van der Waals surface area contributed by atoms with Crippen LogP contribution in [0.15, 0.2) is 54.6 Å². The van der Waals surface area contributed by atoms with Crippen molar-refractivity contribution < 1.29 is 14.3 Å². The first-order chi connectivity index (χ1) is 13.5. The van der Waals surface area contributed by atoms with E-state index in [0.29, 0.717) is 25.3 Å². The molecule has 0 aliphatic heterocycles. The quantitative estimate of drug-likeness (QED) is 0.499. The van der Waals surface area contributed by atoms with E-state index >= 15 is 0 Å². The molecule has 0 saturated carbocycles. The maximum Gasteiger partial charge on any atom is 0.325 e. The Morgan fingerprint density at radius 3 is 2.46 bits per heavy atom. The standard InChI is InChI=1S/C21H27N3O3S/c1-17-8-10-19(11-9-17)20(25)28-23-21(26)22-12-14-27-15-13-24(2)16-18-6-4-3-5-7-18/h3-11H,12-16H2,1-2H3,(H2,22,23,26). The van der Waals surface area contributed by atoms with Crippen molar-refractivity contribution in [3.8, 4) is 0 Å². The number of hydrogen-bond acceptors (Lipinski definition) is 5. The van der Waals surface area contributed by atoms with Gasteiger partial charge in [0.1, 0.15) is 0 Å². The van der Waals surface area contributed by atoms with E-state index in [9.17, 15) is 9.59 Å². The second-order valence-electron chi connectivity index (χ2n) is 6.45. The predicted molar refractivity (Wildman–Crippen MR) is 113 cm³/mol. The molecule has 150 valence electrons. The van der Waals surface area contributed by atoms with E-state index in [1.54, 1.807) is 12.1 Å². The number of urea groups is 1. The molecule has 0 aromatic heterocycles. The van der Waals surface area contributed by atoms with Gasteiger partial charge < -0.3 is 10.1 Å². The molecule has 0 saturated heterocycles. The number of benzene rings is 2. The fourth-order valence-corrected chi connectivity index (χ4v) is 2.92. The molecule has 2 aromatic rings. The van der Waals surface area contributed by atoms with E-state index in [1.165, 1.54) is 5.56 Å². The Morgan fingerprint density at radius 2 is 1.75 bits per heavy atom. The van der Waals surface area contributed by atoms with Gasteiger partial charge in [0.2, 0.25) is 5.12 Å². The summed E-state index contributed by atoms with van der Waals surface area (Å²) in [4.78, 5) is 25.9. The minimum atomic E-state index is -0.407. The highest BCUT2D eigenvalue weighted by Gasteiger charge is 2.09. The zero-order valence-electron chi connectivity index (χ0n) is 16.3. The summed E-state index contributed by atoms with van der Waals surface area (Å²) in [5.74, 6) is 0. The molecule has 0 unspecified atom stereocenters. The van der Waals surface area contributed by atoms with Crippen LogP contribution in [0.1, 0.15) is 21.5 Å². The SMILES string of the molecule is Cc1ccc(C(=O)SNC(=O)NCCOCCN(C)Cc2ccccc2)cc1. The van der Waals surface area contributed by atoms with Gasteiger partial charge >= 0.3 is 6.03 Å². The van der Waals surface area contributed by atoms with Gasteiger partial charge in [0.15, 0.2) is 0 Å². The monoisotopic (exact) mass is 401 g/mol. The maximum absolute atomic E-state index is 12.0. The maximum atomic E-state index is 12.0. The zero-order chi connectivity index (χ0) is 20.2. The second-order valence-corrected chi connectivity index (χ2v) is 7.23. The number of ether oxygens (including phenoxy) is 1. The van der Waals surface area contributed by atoms with Crippen LogP contribution in [0.4, 0.5) is 4.79 Å². The molecule has 0 atom stereocenters. The van der Waals surface area contributed by atoms with Gasteiger partial charge in [-0.25, -0.2) is 4.79 Å². The number of likely N-dealkylation sites (N-methyl/N-ethyl adjacent to an activating group) is 1. The molecule has 0 fully saturated rings. The van der Waals surface area contributed by atoms with Crippen molar-refractivity contribution in [2.45, 2.75) is 13.5 Å². The molecule has 0 aliphatic carbocycles. The summed E-state index contributed by atoms with van der Waals surface area (Å²) in [5, 5.41) is 2.46. The Kier molecular flexibility index (Phi) is 9.54. The number of amides is 2. The third-order valence-corrected chi connectivity index (χ3v) is 4.68. The van der Waals surface area contributed by atoms with E-state index in [-0.39, 0.29) is 5.12 Å². The lowest BCUT2D eigenvalue weighted by Gasteiger charge is -2.16. The summed E-state index contributed by atoms with van der Waals surface area (Å²) < 4.78 is 8.03. The van der Waals surface area contributed by atoms with Crippen LogP contribution in [0.25, 0.3) is 0 Å². The first-order valence-electron chi connectivity index (χ1n) is 9.16. The van der Waals surface area contributed by atoms with Crippen molar-refractivity contribution in [2.75, 3.05) is 33.4 Å². The van der Waals surface area contributed by atoms with Crippen LogP contribution in [0.5, 0.6) is 0 Å². The topological polar surface area (TPSA) is 70.7 Å². The van der Waals surface area contributed by atoms with Gasteiger partial charge in [-0.05, 0) is 19.5 Å². The van der Waals surface area contributed by atoms with Crippen LogP contribution < -0.4 is 10.0 Å². The fraction of sp³-hybridized carbons (Fsp3) is 0.333. The number of rotatable bonds is 9. The zero-order valence-corrected chi connectivity index (χ0v) is 17.1. The third kappa shape index (κ3) is 8.56. The molecule has 7 heteroatoms. The van der Waals surface area contributed by atoms with E-state index < -0.39 is 6.03 Å². The number of hydrogen-bond donors (Lipinski definition) is 2. The van der Waals surface area contributed by atoms with Crippen molar-refractivity contribution in [3.63, 3.8) is 0 Å². The lowest BCUT2D eigenvalue weighted by molar-refractivity contribution is 0.108. The first-order valence-corrected chi connectivity index (χ1v) is 9.98. The van der Waals surface area contributed by atoms with Crippen LogP contribution in [0.2, 0.25) is 0 Å². The Morgan fingerprint density at radius 1 is 1.04 bits per heavy atom. The molecular weight excluding hydrogens is 374 g/mol. The first kappa shape index (κ1) is 21.9. The van der Waals surface area contributed by atoms with E-state index in [0.717, 1.165) is 30.6 Å². The highest BCUT2D eigenvalue weighted by Crippen LogP contribution is 2.10. The lowest BCUT2D eigenvalue weighted by Crippen LogP contribution is -2.34. The van der Waals surface area contributed by atoms with Crippen LogP contribution in [-0.2, 0) is 11.3 Å². The lowest BCUT2D eigenvalue weighted by atomic mass is 10.2. The molecule has 6 nitrogen and oxygen atoms in total. The van der Waals surface area contributed by atoms with Gasteiger partial charge in [0.05, 0.1) is 13.2 Å². The largest absolute Gasteiger partial charge is 0.378 e. The van der Waals surface area contributed by atoms with E-state index in [2.05, 4.69) is 27.1 Å². The molecule has 0 aliphatic rings. The van der Waals surface area contributed by atoms with Gasteiger partial charge in [-0.2, -0.15) is 0 Å². The number of carbonyl (C=O) groups excluding carboxylic acids is 2. The van der Waals surface area contributed by atoms with Gasteiger partial charge in [0, 0.05) is 37.1 Å². The molecule has 2 N–H and O–H groups in total. The van der Waals surface area contributed by atoms with Crippen molar-refractivity contribution >= 4 is 23.1 Å². The predicted octanol–water partition coefficient (Wildman–Crippen LogP) is 3.23. The van der Waals surface area contributed by atoms with E-state index in [4.69, 9.17) is 4.74 Å². The highest BCUT2D eigenvalue weighted by molar-refractivity contribution is 8.12. The number of nitrogens with one attached hydrogen (secondary N) is 2. The van der Waals surface area contributed by atoms with Crippen molar-refractivity contribution in [3.05, 3.63) is 71.3 Å². The molecule has 2 amide bonds. The van der Waals surface area contributed by atoms with Gasteiger partial charge in [-0.3, -0.25) is 14.4 Å². The summed E-state index contributed by atoms with van der Waals surface area (Å²) in [5.41, 5.74) is 2.90. The van der Waals surface area contributed by atoms with Crippen LogP contribution >= 0.6 is 11.9 Å². The van der Waals surface area contributed by atoms with Gasteiger partial charge in [-0.1, -0.05) is 60.2 Å². The normalized spacial score (nSPS) is 10.7.